The van der Waals surface area contributed by atoms with E-state index in [-0.39, 0.29) is 12.1 Å². The van der Waals surface area contributed by atoms with Gasteiger partial charge in [0.1, 0.15) is 0 Å². The molecule has 0 aliphatic heterocycles. The number of halogens is 2. The summed E-state index contributed by atoms with van der Waals surface area (Å²) >= 11 is 5.62. The number of urea groups is 2. The van der Waals surface area contributed by atoms with Gasteiger partial charge < -0.3 is 10.6 Å². The Morgan fingerprint density at radius 2 is 1.12 bits per heavy atom. The van der Waals surface area contributed by atoms with E-state index in [1.807, 2.05) is 36.4 Å². The maximum Gasteiger partial charge on any atom is 0.324 e. The normalized spacial score (nSPS) is 10.3. The van der Waals surface area contributed by atoms with Gasteiger partial charge in [-0.25, -0.2) is 19.6 Å². The zero-order valence-corrected chi connectivity index (χ0v) is 25.2. The molecule has 208 valence electrons. The van der Waals surface area contributed by atoms with Gasteiger partial charge in [-0.1, -0.05) is 15.9 Å². The van der Waals surface area contributed by atoms with Gasteiger partial charge in [0, 0.05) is 56.0 Å². The Balaban J connectivity index is 0.000000168. The van der Waals surface area contributed by atoms with Crippen molar-refractivity contribution in [3.05, 3.63) is 106 Å². The van der Waals surface area contributed by atoms with Gasteiger partial charge in [-0.3, -0.25) is 30.6 Å². The van der Waals surface area contributed by atoms with Crippen molar-refractivity contribution in [1.29, 1.82) is 0 Å². The molecular weight excluding hydrogens is 715 g/mol. The van der Waals surface area contributed by atoms with E-state index < -0.39 is 0 Å². The van der Waals surface area contributed by atoms with Gasteiger partial charge in [-0.2, -0.15) is 0 Å². The van der Waals surface area contributed by atoms with Crippen LogP contribution in [0.3, 0.4) is 0 Å². The molecule has 0 aliphatic carbocycles. The van der Waals surface area contributed by atoms with Gasteiger partial charge in [0.25, 0.3) is 0 Å². The highest BCUT2D eigenvalue weighted by Gasteiger charge is 2.09. The van der Waals surface area contributed by atoms with Crippen LogP contribution in [-0.4, -0.2) is 42.0 Å². The molecule has 0 radical (unpaired) electrons. The van der Waals surface area contributed by atoms with Crippen LogP contribution in [-0.2, 0) is 0 Å². The third-order valence-electron chi connectivity index (χ3n) is 5.52. The number of hydrogen-bond acceptors (Lipinski definition) is 8. The number of carbonyl (C=O) groups excluding carboxylic acids is 2. The zero-order valence-electron chi connectivity index (χ0n) is 21.5. The Labute approximate surface area is 261 Å². The van der Waals surface area contributed by atoms with Gasteiger partial charge in [-0.05, 0) is 71.1 Å². The van der Waals surface area contributed by atoms with Crippen molar-refractivity contribution in [1.82, 2.24) is 29.9 Å². The van der Waals surface area contributed by atoms with Gasteiger partial charge in [-0.15, -0.1) is 0 Å². The fourth-order valence-corrected chi connectivity index (χ4v) is 4.55. The van der Waals surface area contributed by atoms with Crippen molar-refractivity contribution in [3.8, 4) is 0 Å². The average Bonchev–Trinajstić information content (AvgIpc) is 2.98. The Bertz CT molecular complexity index is 1730. The maximum atomic E-state index is 12.0. The van der Waals surface area contributed by atoms with Gasteiger partial charge in [0.15, 0.2) is 11.6 Å². The predicted molar refractivity (Wildman–Crippen MR) is 173 cm³/mol. The van der Waals surface area contributed by atoms with Crippen molar-refractivity contribution in [2.45, 2.75) is 0 Å². The maximum absolute atomic E-state index is 12.0. The average molecular weight is 735 g/mol. The van der Waals surface area contributed by atoms with Crippen molar-refractivity contribution in [2.24, 2.45) is 0 Å². The van der Waals surface area contributed by atoms with Crippen LogP contribution in [0.1, 0.15) is 0 Å². The minimum atomic E-state index is -0.383. The van der Waals surface area contributed by atoms with Gasteiger partial charge in [0.2, 0.25) is 0 Å². The first-order chi connectivity index (χ1) is 20.4. The van der Waals surface area contributed by atoms with Crippen molar-refractivity contribution in [2.75, 3.05) is 21.3 Å². The van der Waals surface area contributed by atoms with Crippen LogP contribution in [0.4, 0.5) is 32.6 Å². The topological polar surface area (TPSA) is 160 Å². The number of benzene rings is 2. The first-order valence-electron chi connectivity index (χ1n) is 12.2. The van der Waals surface area contributed by atoms with Crippen LogP contribution >= 0.6 is 38.5 Å². The third kappa shape index (κ3) is 7.67. The lowest BCUT2D eigenvalue weighted by Gasteiger charge is -2.09. The number of rotatable bonds is 4. The molecule has 6 rings (SSSR count). The summed E-state index contributed by atoms with van der Waals surface area (Å²) in [6.45, 7) is 0. The second-order valence-corrected chi connectivity index (χ2v) is 10.5. The number of pyridine rings is 2. The van der Waals surface area contributed by atoms with Gasteiger partial charge in [0.05, 0.1) is 34.8 Å². The summed E-state index contributed by atoms with van der Waals surface area (Å²) in [5.74, 6) is 0.777. The largest absolute Gasteiger partial charge is 0.324 e. The molecule has 0 saturated heterocycles. The first-order valence-corrected chi connectivity index (χ1v) is 14.1. The summed E-state index contributed by atoms with van der Waals surface area (Å²) in [6, 6.07) is 14.3. The molecular formula is C28H20BrIN10O2. The van der Waals surface area contributed by atoms with Crippen LogP contribution in [0.5, 0.6) is 0 Å². The number of nitrogens with one attached hydrogen (secondary N) is 4. The Morgan fingerprint density at radius 1 is 0.595 bits per heavy atom. The number of aromatic nitrogens is 6. The fraction of sp³-hybridized carbons (Fsp3) is 0. The fourth-order valence-electron chi connectivity index (χ4n) is 3.73. The SMILES string of the molecule is O=C(Nc1cnccn1)Nc1ccnc2cc(Br)ccc12.O=C(Nc1cnccn1)Nc1ccnc2cc(I)ccc12. The second kappa shape index (κ2) is 13.7. The summed E-state index contributed by atoms with van der Waals surface area (Å²) in [5, 5.41) is 12.5. The summed E-state index contributed by atoms with van der Waals surface area (Å²) in [6.07, 6.45) is 12.4. The molecule has 4 heterocycles. The number of amides is 4. The summed E-state index contributed by atoms with van der Waals surface area (Å²) in [7, 11) is 0. The van der Waals surface area contributed by atoms with Crippen LogP contribution in [0, 0.1) is 3.57 Å². The molecule has 2 aromatic carbocycles. The Hall–Kier alpha value is -4.83. The van der Waals surface area contributed by atoms with E-state index in [9.17, 15) is 9.59 Å². The summed E-state index contributed by atoms with van der Waals surface area (Å²) in [5.41, 5.74) is 2.99. The Kier molecular flexibility index (Phi) is 9.35. The van der Waals surface area contributed by atoms with Crippen LogP contribution in [0.25, 0.3) is 21.8 Å². The monoisotopic (exact) mass is 734 g/mol. The third-order valence-corrected chi connectivity index (χ3v) is 6.68. The Morgan fingerprint density at radius 3 is 1.64 bits per heavy atom. The minimum Gasteiger partial charge on any atom is -0.307 e. The highest BCUT2D eigenvalue weighted by atomic mass is 127. The summed E-state index contributed by atoms with van der Waals surface area (Å²) in [4.78, 5) is 48.3. The zero-order chi connectivity index (χ0) is 29.3. The van der Waals surface area contributed by atoms with Crippen molar-refractivity contribution >= 4 is 95.4 Å². The minimum absolute atomic E-state index is 0.374. The van der Waals surface area contributed by atoms with E-state index in [0.717, 1.165) is 29.8 Å². The van der Waals surface area contributed by atoms with Gasteiger partial charge >= 0.3 is 12.1 Å². The first kappa shape index (κ1) is 28.7. The van der Waals surface area contributed by atoms with E-state index in [1.54, 1.807) is 30.7 Å². The molecule has 12 nitrogen and oxygen atoms in total. The van der Waals surface area contributed by atoms with E-state index in [4.69, 9.17) is 0 Å². The molecule has 42 heavy (non-hydrogen) atoms. The van der Waals surface area contributed by atoms with Crippen LogP contribution < -0.4 is 21.3 Å². The molecule has 4 N–H and O–H groups in total. The molecule has 0 aliphatic rings. The lowest BCUT2D eigenvalue weighted by Crippen LogP contribution is -2.20. The lowest BCUT2D eigenvalue weighted by atomic mass is 10.2. The van der Waals surface area contributed by atoms with E-state index in [2.05, 4.69) is 89.7 Å². The number of anilines is 4. The number of hydrogen-bond donors (Lipinski definition) is 4. The molecule has 0 spiro atoms. The highest BCUT2D eigenvalue weighted by molar-refractivity contribution is 14.1. The molecule has 0 atom stereocenters. The smallest absolute Gasteiger partial charge is 0.307 e. The molecule has 0 bridgehead atoms. The summed E-state index contributed by atoms with van der Waals surface area (Å²) < 4.78 is 2.03. The molecule has 0 unspecified atom stereocenters. The quantitative estimate of drug-likeness (QED) is 0.146. The van der Waals surface area contributed by atoms with E-state index in [0.29, 0.717) is 23.0 Å². The van der Waals surface area contributed by atoms with Crippen molar-refractivity contribution < 1.29 is 9.59 Å². The molecule has 14 heteroatoms. The standard InChI is InChI=1S/C14H10BrN5O.C14H10IN5O/c2*15-9-1-2-10-11(3-4-17-12(10)7-9)19-14(21)20-13-8-16-5-6-18-13/h2*1-8H,(H2,17,18,19,20,21). The van der Waals surface area contributed by atoms with Crippen molar-refractivity contribution in [3.63, 3.8) is 0 Å². The van der Waals surface area contributed by atoms with E-state index >= 15 is 0 Å². The van der Waals surface area contributed by atoms with Crippen LogP contribution in [0.15, 0.2) is 103 Å². The van der Waals surface area contributed by atoms with E-state index in [1.165, 1.54) is 31.0 Å². The number of carbonyl (C=O) groups is 2. The molecule has 4 aromatic heterocycles. The highest BCUT2D eigenvalue weighted by Crippen LogP contribution is 2.25. The van der Waals surface area contributed by atoms with Crippen LogP contribution in [0.2, 0.25) is 0 Å². The molecule has 0 fully saturated rings. The molecule has 4 amide bonds. The number of fused-ring (bicyclic) bond motifs is 2. The molecule has 0 saturated carbocycles. The number of nitrogens with zero attached hydrogens (tertiary/aromatic N) is 6. The lowest BCUT2D eigenvalue weighted by molar-refractivity contribution is 0.261. The second-order valence-electron chi connectivity index (χ2n) is 8.38. The predicted octanol–water partition coefficient (Wildman–Crippen LogP) is 6.70. The molecule has 6 aromatic rings.